The summed E-state index contributed by atoms with van der Waals surface area (Å²) in [5, 5.41) is 14.0. The van der Waals surface area contributed by atoms with Gasteiger partial charge in [-0.25, -0.2) is 0 Å². The van der Waals surface area contributed by atoms with E-state index in [4.69, 9.17) is 0 Å². The van der Waals surface area contributed by atoms with Crippen LogP contribution in [0.25, 0.3) is 0 Å². The van der Waals surface area contributed by atoms with E-state index in [1.54, 1.807) is 19.1 Å². The van der Waals surface area contributed by atoms with Crippen LogP contribution in [0.15, 0.2) is 18.2 Å². The molecule has 5 heteroatoms. The van der Waals surface area contributed by atoms with Gasteiger partial charge in [0.25, 0.3) is 11.6 Å². The van der Waals surface area contributed by atoms with Crippen molar-refractivity contribution in [2.75, 3.05) is 0 Å². The maximum Gasteiger partial charge on any atom is 0.273 e. The second-order valence-corrected chi connectivity index (χ2v) is 6.01. The largest absolute Gasteiger partial charge is 0.349 e. The van der Waals surface area contributed by atoms with Crippen molar-refractivity contribution in [2.24, 2.45) is 11.8 Å². The third-order valence-electron chi connectivity index (χ3n) is 4.72. The molecule has 0 unspecified atom stereocenters. The molecule has 2 aliphatic carbocycles. The standard InChI is InChI=1S/C15H18N2O3/c1-9-2-4-12(8-14(9)17(19)20)15(18)16-13-7-10-3-5-11(13)6-10/h2,4,8,10-11,13H,3,5-7H2,1H3,(H,16,18)/t10-,11+,13-/m1/s1. The van der Waals surface area contributed by atoms with Gasteiger partial charge < -0.3 is 5.32 Å². The Labute approximate surface area is 117 Å². The molecule has 0 spiro atoms. The summed E-state index contributed by atoms with van der Waals surface area (Å²) in [6, 6.07) is 4.91. The monoisotopic (exact) mass is 274 g/mol. The lowest BCUT2D eigenvalue weighted by Crippen LogP contribution is -2.38. The summed E-state index contributed by atoms with van der Waals surface area (Å²) in [5.74, 6) is 1.17. The van der Waals surface area contributed by atoms with Crippen molar-refractivity contribution in [2.45, 2.75) is 38.6 Å². The highest BCUT2D eigenvalue weighted by molar-refractivity contribution is 5.95. The van der Waals surface area contributed by atoms with E-state index < -0.39 is 4.92 Å². The van der Waals surface area contributed by atoms with Crippen molar-refractivity contribution < 1.29 is 9.72 Å². The summed E-state index contributed by atoms with van der Waals surface area (Å²) in [5.41, 5.74) is 0.960. The summed E-state index contributed by atoms with van der Waals surface area (Å²) in [7, 11) is 0. The maximum absolute atomic E-state index is 12.2. The SMILES string of the molecule is Cc1ccc(C(=O)N[C@@H]2C[C@@H]3CC[C@H]2C3)cc1[N+](=O)[O-]. The molecule has 0 aromatic heterocycles. The van der Waals surface area contributed by atoms with Gasteiger partial charge in [-0.2, -0.15) is 0 Å². The molecule has 2 fully saturated rings. The van der Waals surface area contributed by atoms with Crippen LogP contribution >= 0.6 is 0 Å². The lowest BCUT2D eigenvalue weighted by atomic mass is 9.95. The number of nitrogens with zero attached hydrogens (tertiary/aromatic N) is 1. The molecule has 0 aliphatic heterocycles. The molecule has 1 aromatic rings. The number of fused-ring (bicyclic) bond motifs is 2. The molecule has 0 saturated heterocycles. The molecular formula is C15H18N2O3. The van der Waals surface area contributed by atoms with E-state index in [1.807, 2.05) is 0 Å². The summed E-state index contributed by atoms with van der Waals surface area (Å²) in [6.07, 6.45) is 4.76. The number of hydrogen-bond acceptors (Lipinski definition) is 3. The van der Waals surface area contributed by atoms with Gasteiger partial charge in [-0.1, -0.05) is 12.5 Å². The van der Waals surface area contributed by atoms with Gasteiger partial charge in [-0.3, -0.25) is 14.9 Å². The number of amides is 1. The minimum atomic E-state index is -0.441. The van der Waals surface area contributed by atoms with Crippen LogP contribution in [0.2, 0.25) is 0 Å². The third-order valence-corrected chi connectivity index (χ3v) is 4.72. The van der Waals surface area contributed by atoms with E-state index in [9.17, 15) is 14.9 Å². The molecule has 106 valence electrons. The van der Waals surface area contributed by atoms with Gasteiger partial charge in [-0.15, -0.1) is 0 Å². The Morgan fingerprint density at radius 3 is 2.75 bits per heavy atom. The minimum Gasteiger partial charge on any atom is -0.349 e. The van der Waals surface area contributed by atoms with Crippen LogP contribution in [0.4, 0.5) is 5.69 Å². The summed E-state index contributed by atoms with van der Waals surface area (Å²) in [4.78, 5) is 22.7. The number of nitro benzene ring substituents is 1. The lowest BCUT2D eigenvalue weighted by molar-refractivity contribution is -0.385. The van der Waals surface area contributed by atoms with E-state index in [0.717, 1.165) is 12.3 Å². The molecule has 3 atom stereocenters. The van der Waals surface area contributed by atoms with Gasteiger partial charge in [0, 0.05) is 23.2 Å². The predicted molar refractivity (Wildman–Crippen MR) is 74.5 cm³/mol. The Morgan fingerprint density at radius 2 is 2.15 bits per heavy atom. The zero-order valence-electron chi connectivity index (χ0n) is 11.5. The van der Waals surface area contributed by atoms with Gasteiger partial charge in [0.1, 0.15) is 0 Å². The summed E-state index contributed by atoms with van der Waals surface area (Å²) in [6.45, 7) is 1.68. The van der Waals surface area contributed by atoms with Gasteiger partial charge in [0.05, 0.1) is 4.92 Å². The number of nitrogens with one attached hydrogen (secondary N) is 1. The molecule has 2 aliphatic rings. The minimum absolute atomic E-state index is 0.00518. The Balaban J connectivity index is 1.74. The second kappa shape index (κ2) is 4.89. The molecule has 1 aromatic carbocycles. The Bertz CT molecular complexity index is 570. The zero-order valence-corrected chi connectivity index (χ0v) is 11.5. The number of aryl methyl sites for hydroxylation is 1. The zero-order chi connectivity index (χ0) is 14.3. The molecule has 1 amide bonds. The molecule has 2 saturated carbocycles. The molecule has 0 heterocycles. The average molecular weight is 274 g/mol. The molecular weight excluding hydrogens is 256 g/mol. The summed E-state index contributed by atoms with van der Waals surface area (Å²) < 4.78 is 0. The fourth-order valence-electron chi connectivity index (χ4n) is 3.62. The quantitative estimate of drug-likeness (QED) is 0.680. The van der Waals surface area contributed by atoms with Gasteiger partial charge in [0.15, 0.2) is 0 Å². The third kappa shape index (κ3) is 2.28. The number of nitro groups is 1. The molecule has 0 radical (unpaired) electrons. The number of carbonyl (C=O) groups excluding carboxylic acids is 1. The van der Waals surface area contributed by atoms with Crippen LogP contribution in [-0.4, -0.2) is 16.9 Å². The highest BCUT2D eigenvalue weighted by Gasteiger charge is 2.40. The first-order valence-corrected chi connectivity index (χ1v) is 7.10. The van der Waals surface area contributed by atoms with Crippen molar-refractivity contribution in [1.29, 1.82) is 0 Å². The van der Waals surface area contributed by atoms with Crippen molar-refractivity contribution in [3.05, 3.63) is 39.4 Å². The van der Waals surface area contributed by atoms with Crippen LogP contribution in [0.1, 0.15) is 41.6 Å². The predicted octanol–water partition coefficient (Wildman–Crippen LogP) is 2.82. The molecule has 20 heavy (non-hydrogen) atoms. The first-order valence-electron chi connectivity index (χ1n) is 7.10. The second-order valence-electron chi connectivity index (χ2n) is 6.01. The Morgan fingerprint density at radius 1 is 1.35 bits per heavy atom. The lowest BCUT2D eigenvalue weighted by Gasteiger charge is -2.22. The number of hydrogen-bond donors (Lipinski definition) is 1. The molecule has 5 nitrogen and oxygen atoms in total. The van der Waals surface area contributed by atoms with Gasteiger partial charge >= 0.3 is 0 Å². The fourth-order valence-corrected chi connectivity index (χ4v) is 3.62. The van der Waals surface area contributed by atoms with Crippen LogP contribution in [0.3, 0.4) is 0 Å². The normalized spacial score (nSPS) is 27.6. The molecule has 3 rings (SSSR count). The van der Waals surface area contributed by atoms with Crippen molar-refractivity contribution in [1.82, 2.24) is 5.32 Å². The van der Waals surface area contributed by atoms with Crippen molar-refractivity contribution >= 4 is 11.6 Å². The van der Waals surface area contributed by atoms with E-state index in [1.165, 1.54) is 25.3 Å². The Kier molecular flexibility index (Phi) is 3.20. The highest BCUT2D eigenvalue weighted by Crippen LogP contribution is 2.44. The van der Waals surface area contributed by atoms with E-state index in [2.05, 4.69) is 5.32 Å². The van der Waals surface area contributed by atoms with Crippen LogP contribution in [0, 0.1) is 28.9 Å². The first kappa shape index (κ1) is 13.1. The van der Waals surface area contributed by atoms with Crippen molar-refractivity contribution in [3.63, 3.8) is 0 Å². The van der Waals surface area contributed by atoms with Gasteiger partial charge in [0.2, 0.25) is 0 Å². The summed E-state index contributed by atoms with van der Waals surface area (Å²) >= 11 is 0. The van der Waals surface area contributed by atoms with E-state index in [0.29, 0.717) is 17.0 Å². The molecule has 1 N–H and O–H groups in total. The average Bonchev–Trinajstić information content (AvgIpc) is 3.01. The van der Waals surface area contributed by atoms with Crippen LogP contribution in [-0.2, 0) is 0 Å². The van der Waals surface area contributed by atoms with Crippen molar-refractivity contribution in [3.8, 4) is 0 Å². The topological polar surface area (TPSA) is 72.2 Å². The number of rotatable bonds is 3. The first-order chi connectivity index (χ1) is 9.54. The van der Waals surface area contributed by atoms with Crippen LogP contribution < -0.4 is 5.32 Å². The number of benzene rings is 1. The van der Waals surface area contributed by atoms with E-state index >= 15 is 0 Å². The Hall–Kier alpha value is -1.91. The van der Waals surface area contributed by atoms with E-state index in [-0.39, 0.29) is 17.6 Å². The molecule has 2 bridgehead atoms. The smallest absolute Gasteiger partial charge is 0.273 e. The maximum atomic E-state index is 12.2. The van der Waals surface area contributed by atoms with Crippen LogP contribution in [0.5, 0.6) is 0 Å². The number of carbonyl (C=O) groups is 1. The van der Waals surface area contributed by atoms with Gasteiger partial charge in [-0.05, 0) is 44.1 Å². The highest BCUT2D eigenvalue weighted by atomic mass is 16.6. The fraction of sp³-hybridized carbons (Fsp3) is 0.533.